The highest BCUT2D eigenvalue weighted by Gasteiger charge is 2.29. The SMILES string of the molecule is CN(C)C1CCN([C@H]2CCCc3ccccc32)CC1. The number of likely N-dealkylation sites (tertiary alicyclic amines) is 1. The van der Waals surface area contributed by atoms with Gasteiger partial charge in [-0.2, -0.15) is 0 Å². The molecule has 1 heterocycles. The van der Waals surface area contributed by atoms with Crippen molar-refractivity contribution in [3.8, 4) is 0 Å². The summed E-state index contributed by atoms with van der Waals surface area (Å²) in [6.45, 7) is 2.53. The molecule has 1 saturated heterocycles. The Balaban J connectivity index is 1.71. The van der Waals surface area contributed by atoms with Crippen LogP contribution in [0, 0.1) is 0 Å². The van der Waals surface area contributed by atoms with Crippen molar-refractivity contribution in [2.24, 2.45) is 0 Å². The van der Waals surface area contributed by atoms with E-state index in [1.165, 1.54) is 45.2 Å². The zero-order valence-corrected chi connectivity index (χ0v) is 12.3. The lowest BCUT2D eigenvalue weighted by atomic mass is 9.85. The van der Waals surface area contributed by atoms with Gasteiger partial charge in [0.2, 0.25) is 0 Å². The minimum absolute atomic E-state index is 0.688. The Bertz CT molecular complexity index is 419. The highest BCUT2D eigenvalue weighted by Crippen LogP contribution is 2.35. The van der Waals surface area contributed by atoms with Crippen LogP contribution in [0.2, 0.25) is 0 Å². The maximum atomic E-state index is 2.73. The Hall–Kier alpha value is -0.860. The minimum atomic E-state index is 0.688. The normalized spacial score (nSPS) is 25.5. The highest BCUT2D eigenvalue weighted by molar-refractivity contribution is 5.32. The molecule has 0 saturated carbocycles. The minimum Gasteiger partial charge on any atom is -0.306 e. The maximum absolute atomic E-state index is 2.73. The van der Waals surface area contributed by atoms with Gasteiger partial charge in [0.25, 0.3) is 0 Å². The molecule has 19 heavy (non-hydrogen) atoms. The predicted octanol–water partition coefficient (Wildman–Crippen LogP) is 3.09. The standard InChI is InChI=1S/C17H26N2/c1-18(2)15-10-12-19(13-11-15)17-9-5-7-14-6-3-4-8-16(14)17/h3-4,6,8,15,17H,5,7,9-13H2,1-2H3/t17-/m0/s1. The van der Waals surface area contributed by atoms with Gasteiger partial charge < -0.3 is 4.90 Å². The summed E-state index contributed by atoms with van der Waals surface area (Å²) in [5, 5.41) is 0. The Morgan fingerprint density at radius 2 is 1.79 bits per heavy atom. The number of piperidine rings is 1. The zero-order valence-electron chi connectivity index (χ0n) is 12.3. The Kier molecular flexibility index (Phi) is 3.90. The van der Waals surface area contributed by atoms with Crippen LogP contribution in [0.4, 0.5) is 0 Å². The predicted molar refractivity (Wildman–Crippen MR) is 80.4 cm³/mol. The van der Waals surface area contributed by atoms with Crippen molar-refractivity contribution in [1.82, 2.24) is 9.80 Å². The quantitative estimate of drug-likeness (QED) is 0.804. The van der Waals surface area contributed by atoms with Crippen LogP contribution in [0.5, 0.6) is 0 Å². The van der Waals surface area contributed by atoms with Gasteiger partial charge >= 0.3 is 0 Å². The number of benzene rings is 1. The van der Waals surface area contributed by atoms with Gasteiger partial charge in [0.1, 0.15) is 0 Å². The molecule has 0 radical (unpaired) electrons. The first-order chi connectivity index (χ1) is 9.25. The lowest BCUT2D eigenvalue weighted by Gasteiger charge is -2.41. The van der Waals surface area contributed by atoms with E-state index in [2.05, 4.69) is 48.2 Å². The van der Waals surface area contributed by atoms with E-state index in [9.17, 15) is 0 Å². The summed E-state index contributed by atoms with van der Waals surface area (Å²) < 4.78 is 0. The molecule has 2 nitrogen and oxygen atoms in total. The van der Waals surface area contributed by atoms with Gasteiger partial charge in [0, 0.05) is 25.2 Å². The van der Waals surface area contributed by atoms with Gasteiger partial charge in [-0.15, -0.1) is 0 Å². The first kappa shape index (κ1) is 13.1. The van der Waals surface area contributed by atoms with Gasteiger partial charge in [0.05, 0.1) is 0 Å². The second-order valence-corrected chi connectivity index (χ2v) is 6.34. The van der Waals surface area contributed by atoms with Crippen LogP contribution in [0.1, 0.15) is 42.9 Å². The monoisotopic (exact) mass is 258 g/mol. The summed E-state index contributed by atoms with van der Waals surface area (Å²) in [5.41, 5.74) is 3.20. The zero-order chi connectivity index (χ0) is 13.2. The lowest BCUT2D eigenvalue weighted by Crippen LogP contribution is -2.44. The second-order valence-electron chi connectivity index (χ2n) is 6.34. The number of aryl methyl sites for hydroxylation is 1. The molecular weight excluding hydrogens is 232 g/mol. The smallest absolute Gasteiger partial charge is 0.0350 e. The average Bonchev–Trinajstić information content (AvgIpc) is 2.47. The second kappa shape index (κ2) is 5.64. The van der Waals surface area contributed by atoms with E-state index < -0.39 is 0 Å². The molecule has 0 unspecified atom stereocenters. The van der Waals surface area contributed by atoms with Gasteiger partial charge in [-0.25, -0.2) is 0 Å². The summed E-state index contributed by atoms with van der Waals surface area (Å²) in [5.74, 6) is 0. The molecule has 1 fully saturated rings. The molecular formula is C17H26N2. The molecule has 2 heteroatoms. The Morgan fingerprint density at radius 3 is 2.53 bits per heavy atom. The number of hydrogen-bond donors (Lipinski definition) is 0. The number of nitrogens with zero attached hydrogens (tertiary/aromatic N) is 2. The topological polar surface area (TPSA) is 6.48 Å². The fourth-order valence-electron chi connectivity index (χ4n) is 3.82. The fraction of sp³-hybridized carbons (Fsp3) is 0.647. The molecule has 1 aliphatic carbocycles. The summed E-state index contributed by atoms with van der Waals surface area (Å²) in [4.78, 5) is 5.13. The van der Waals surface area contributed by atoms with Crippen molar-refractivity contribution >= 4 is 0 Å². The summed E-state index contributed by atoms with van der Waals surface area (Å²) >= 11 is 0. The van der Waals surface area contributed by atoms with Crippen molar-refractivity contribution in [2.45, 2.75) is 44.2 Å². The molecule has 3 rings (SSSR count). The van der Waals surface area contributed by atoms with E-state index in [-0.39, 0.29) is 0 Å². The van der Waals surface area contributed by atoms with E-state index in [0.717, 1.165) is 6.04 Å². The summed E-state index contributed by atoms with van der Waals surface area (Å²) in [6, 6.07) is 10.6. The van der Waals surface area contributed by atoms with Crippen molar-refractivity contribution in [3.63, 3.8) is 0 Å². The molecule has 0 spiro atoms. The van der Waals surface area contributed by atoms with Crippen molar-refractivity contribution in [3.05, 3.63) is 35.4 Å². The van der Waals surface area contributed by atoms with E-state index in [4.69, 9.17) is 0 Å². The third kappa shape index (κ3) is 2.70. The van der Waals surface area contributed by atoms with Gasteiger partial charge in [-0.1, -0.05) is 24.3 Å². The van der Waals surface area contributed by atoms with Crippen LogP contribution < -0.4 is 0 Å². The third-order valence-electron chi connectivity index (χ3n) is 5.01. The van der Waals surface area contributed by atoms with Crippen LogP contribution in [0.3, 0.4) is 0 Å². The van der Waals surface area contributed by atoms with Crippen molar-refractivity contribution in [1.29, 1.82) is 0 Å². The van der Waals surface area contributed by atoms with Gasteiger partial charge in [-0.3, -0.25) is 4.90 Å². The van der Waals surface area contributed by atoms with Crippen LogP contribution in [0.25, 0.3) is 0 Å². The maximum Gasteiger partial charge on any atom is 0.0350 e. The van der Waals surface area contributed by atoms with Gasteiger partial charge in [0.15, 0.2) is 0 Å². The van der Waals surface area contributed by atoms with E-state index >= 15 is 0 Å². The molecule has 1 atom stereocenters. The van der Waals surface area contributed by atoms with E-state index in [0.29, 0.717) is 6.04 Å². The molecule has 0 aromatic heterocycles. The van der Waals surface area contributed by atoms with Crippen LogP contribution in [-0.4, -0.2) is 43.0 Å². The number of rotatable bonds is 2. The number of fused-ring (bicyclic) bond motifs is 1. The molecule has 1 aromatic rings. The molecule has 104 valence electrons. The summed E-state index contributed by atoms with van der Waals surface area (Å²) in [6.07, 6.45) is 6.64. The van der Waals surface area contributed by atoms with E-state index in [1.807, 2.05) is 0 Å². The first-order valence-corrected chi connectivity index (χ1v) is 7.74. The van der Waals surface area contributed by atoms with Crippen molar-refractivity contribution < 1.29 is 0 Å². The largest absolute Gasteiger partial charge is 0.306 e. The summed E-state index contributed by atoms with van der Waals surface area (Å²) in [7, 11) is 4.44. The van der Waals surface area contributed by atoms with Crippen LogP contribution >= 0.6 is 0 Å². The third-order valence-corrected chi connectivity index (χ3v) is 5.01. The lowest BCUT2D eigenvalue weighted by molar-refractivity contribution is 0.0996. The average molecular weight is 258 g/mol. The Labute approximate surface area is 117 Å². The van der Waals surface area contributed by atoms with Crippen LogP contribution in [0.15, 0.2) is 24.3 Å². The fourth-order valence-corrected chi connectivity index (χ4v) is 3.82. The molecule has 1 aliphatic heterocycles. The van der Waals surface area contributed by atoms with Crippen LogP contribution in [-0.2, 0) is 6.42 Å². The number of hydrogen-bond acceptors (Lipinski definition) is 2. The molecule has 1 aromatic carbocycles. The van der Waals surface area contributed by atoms with E-state index in [1.54, 1.807) is 11.1 Å². The molecule has 2 aliphatic rings. The van der Waals surface area contributed by atoms with Gasteiger partial charge in [-0.05, 0) is 57.3 Å². The Morgan fingerprint density at radius 1 is 1.05 bits per heavy atom. The molecule has 0 N–H and O–H groups in total. The highest BCUT2D eigenvalue weighted by atomic mass is 15.2. The molecule has 0 bridgehead atoms. The molecule has 0 amide bonds. The van der Waals surface area contributed by atoms with Crippen molar-refractivity contribution in [2.75, 3.05) is 27.2 Å². The first-order valence-electron chi connectivity index (χ1n) is 7.74.